The summed E-state index contributed by atoms with van der Waals surface area (Å²) in [5.41, 5.74) is 1.33. The van der Waals surface area contributed by atoms with Gasteiger partial charge in [-0.05, 0) is 12.1 Å². The zero-order valence-corrected chi connectivity index (χ0v) is 16.6. The van der Waals surface area contributed by atoms with Crippen molar-refractivity contribution in [1.29, 1.82) is 0 Å². The van der Waals surface area contributed by atoms with Gasteiger partial charge in [0.25, 0.3) is 5.56 Å². The molecule has 0 amide bonds. The van der Waals surface area contributed by atoms with Crippen LogP contribution in [0.25, 0.3) is 11.2 Å². The van der Waals surface area contributed by atoms with E-state index in [0.717, 1.165) is 5.56 Å². The first kappa shape index (κ1) is 18.8. The third-order valence-corrected chi connectivity index (χ3v) is 5.04. The molecule has 3 heterocycles. The van der Waals surface area contributed by atoms with Crippen LogP contribution in [0.3, 0.4) is 0 Å². The molecule has 1 atom stereocenters. The van der Waals surface area contributed by atoms with Gasteiger partial charge in [-0.2, -0.15) is 0 Å². The second-order valence-corrected chi connectivity index (χ2v) is 6.82. The Bertz CT molecular complexity index is 1240. The van der Waals surface area contributed by atoms with E-state index < -0.39 is 17.4 Å². The Balaban J connectivity index is 1.62. The second-order valence-electron chi connectivity index (χ2n) is 6.82. The number of rotatable bonds is 5. The Morgan fingerprint density at radius 2 is 2.00 bits per heavy atom. The van der Waals surface area contributed by atoms with Crippen LogP contribution < -0.4 is 20.7 Å². The highest BCUT2D eigenvalue weighted by Crippen LogP contribution is 2.28. The summed E-state index contributed by atoms with van der Waals surface area (Å²) >= 11 is 0. The van der Waals surface area contributed by atoms with Crippen LogP contribution in [0.5, 0.6) is 11.5 Å². The lowest BCUT2D eigenvalue weighted by Crippen LogP contribution is -2.42. The van der Waals surface area contributed by atoms with E-state index in [4.69, 9.17) is 14.3 Å². The summed E-state index contributed by atoms with van der Waals surface area (Å²) in [5, 5.41) is 4.15. The van der Waals surface area contributed by atoms with Gasteiger partial charge in [-0.1, -0.05) is 5.16 Å². The van der Waals surface area contributed by atoms with Crippen molar-refractivity contribution in [3.63, 3.8) is 0 Å². The number of hydrogen-bond acceptors (Lipinski definition) is 7. The SMILES string of the molecule is COc1ccc(C2=NO[C@H](Cn3c(=O)c4c(ncn4C)n(C)c3=O)C2)c(OC)c1. The minimum Gasteiger partial charge on any atom is -0.497 e. The van der Waals surface area contributed by atoms with Crippen molar-refractivity contribution < 1.29 is 14.3 Å². The predicted molar refractivity (Wildman–Crippen MR) is 106 cm³/mol. The van der Waals surface area contributed by atoms with Gasteiger partial charge in [0.2, 0.25) is 0 Å². The van der Waals surface area contributed by atoms with Gasteiger partial charge in [0.05, 0.1) is 32.8 Å². The number of nitrogens with zero attached hydrogens (tertiary/aromatic N) is 5. The van der Waals surface area contributed by atoms with Crippen molar-refractivity contribution in [3.05, 3.63) is 50.9 Å². The summed E-state index contributed by atoms with van der Waals surface area (Å²) in [6.45, 7) is 0.0814. The van der Waals surface area contributed by atoms with E-state index >= 15 is 0 Å². The number of oxime groups is 1. The molecule has 4 rings (SSSR count). The molecule has 10 nitrogen and oxygen atoms in total. The molecule has 152 valence electrons. The van der Waals surface area contributed by atoms with Crippen molar-refractivity contribution in [3.8, 4) is 11.5 Å². The first-order valence-corrected chi connectivity index (χ1v) is 9.00. The van der Waals surface area contributed by atoms with Crippen LogP contribution in [0.1, 0.15) is 12.0 Å². The van der Waals surface area contributed by atoms with Crippen LogP contribution in [0.4, 0.5) is 0 Å². The van der Waals surface area contributed by atoms with Gasteiger partial charge in [-0.15, -0.1) is 0 Å². The van der Waals surface area contributed by atoms with Gasteiger partial charge < -0.3 is 18.9 Å². The lowest BCUT2D eigenvalue weighted by atomic mass is 10.0. The fraction of sp³-hybridized carbons (Fsp3) is 0.368. The van der Waals surface area contributed by atoms with Crippen LogP contribution in [0.2, 0.25) is 0 Å². The van der Waals surface area contributed by atoms with Crippen LogP contribution in [-0.4, -0.2) is 44.7 Å². The van der Waals surface area contributed by atoms with E-state index in [0.29, 0.717) is 34.8 Å². The molecule has 0 bridgehead atoms. The van der Waals surface area contributed by atoms with Gasteiger partial charge in [0.1, 0.15) is 11.5 Å². The molecule has 0 radical (unpaired) electrons. The fourth-order valence-corrected chi connectivity index (χ4v) is 3.48. The summed E-state index contributed by atoms with van der Waals surface area (Å²) in [6.07, 6.45) is 1.49. The highest BCUT2D eigenvalue weighted by atomic mass is 16.6. The zero-order chi connectivity index (χ0) is 20.7. The second kappa shape index (κ2) is 7.12. The smallest absolute Gasteiger partial charge is 0.332 e. The molecule has 0 aliphatic carbocycles. The molecule has 0 unspecified atom stereocenters. The van der Waals surface area contributed by atoms with E-state index in [-0.39, 0.29) is 6.54 Å². The van der Waals surface area contributed by atoms with E-state index in [9.17, 15) is 9.59 Å². The van der Waals surface area contributed by atoms with E-state index in [2.05, 4.69) is 10.1 Å². The summed E-state index contributed by atoms with van der Waals surface area (Å²) in [6, 6.07) is 5.42. The monoisotopic (exact) mass is 399 g/mol. The van der Waals surface area contributed by atoms with E-state index in [1.165, 1.54) is 15.5 Å². The number of hydrogen-bond donors (Lipinski definition) is 0. The van der Waals surface area contributed by atoms with Crippen LogP contribution in [0.15, 0.2) is 39.3 Å². The standard InChI is InChI=1S/C19H21N5O5/c1-22-10-20-17-16(22)18(25)24(19(26)23(17)2)9-12-7-14(21-29-12)13-6-5-11(27-3)8-15(13)28-4/h5-6,8,10,12H,7,9H2,1-4H3/t12-/m0/s1. The average molecular weight is 399 g/mol. The summed E-state index contributed by atoms with van der Waals surface area (Å²) in [5.74, 6) is 1.28. The predicted octanol–water partition coefficient (Wildman–Crippen LogP) is 0.644. The number of ether oxygens (including phenoxy) is 2. The Morgan fingerprint density at radius 1 is 1.21 bits per heavy atom. The zero-order valence-electron chi connectivity index (χ0n) is 16.6. The minimum absolute atomic E-state index is 0.0814. The molecule has 0 saturated carbocycles. The molecule has 0 spiro atoms. The quantitative estimate of drug-likeness (QED) is 0.624. The van der Waals surface area contributed by atoms with Crippen molar-refractivity contribution in [2.24, 2.45) is 19.3 Å². The van der Waals surface area contributed by atoms with E-state index in [1.807, 2.05) is 12.1 Å². The summed E-state index contributed by atoms with van der Waals surface area (Å²) in [7, 11) is 6.46. The molecule has 0 N–H and O–H groups in total. The number of imidazole rings is 1. The molecule has 10 heteroatoms. The molecular formula is C19H21N5O5. The van der Waals surface area contributed by atoms with Gasteiger partial charge >= 0.3 is 5.69 Å². The number of aryl methyl sites for hydroxylation is 2. The molecule has 3 aromatic rings. The van der Waals surface area contributed by atoms with Crippen LogP contribution in [-0.2, 0) is 25.5 Å². The summed E-state index contributed by atoms with van der Waals surface area (Å²) < 4.78 is 14.8. The number of methoxy groups -OCH3 is 2. The lowest BCUT2D eigenvalue weighted by Gasteiger charge is -2.12. The molecule has 1 aliphatic heterocycles. The Kier molecular flexibility index (Phi) is 4.61. The minimum atomic E-state index is -0.451. The van der Waals surface area contributed by atoms with Crippen molar-refractivity contribution >= 4 is 16.9 Å². The third-order valence-electron chi connectivity index (χ3n) is 5.04. The lowest BCUT2D eigenvalue weighted by molar-refractivity contribution is 0.0706. The van der Waals surface area contributed by atoms with Gasteiger partial charge in [0, 0.05) is 32.1 Å². The topological polar surface area (TPSA) is 102 Å². The van der Waals surface area contributed by atoms with Crippen molar-refractivity contribution in [2.75, 3.05) is 14.2 Å². The van der Waals surface area contributed by atoms with Crippen molar-refractivity contribution in [2.45, 2.75) is 19.1 Å². The third kappa shape index (κ3) is 3.06. The number of aromatic nitrogens is 4. The van der Waals surface area contributed by atoms with Crippen molar-refractivity contribution in [1.82, 2.24) is 18.7 Å². The first-order chi connectivity index (χ1) is 13.9. The molecule has 2 aromatic heterocycles. The maximum Gasteiger partial charge on any atom is 0.332 e. The van der Waals surface area contributed by atoms with Gasteiger partial charge in [-0.3, -0.25) is 13.9 Å². The normalized spacial score (nSPS) is 16.0. The van der Waals surface area contributed by atoms with E-state index in [1.54, 1.807) is 38.9 Å². The first-order valence-electron chi connectivity index (χ1n) is 9.00. The Labute approximate surface area is 165 Å². The number of benzene rings is 1. The summed E-state index contributed by atoms with van der Waals surface area (Å²) in [4.78, 5) is 35.2. The largest absolute Gasteiger partial charge is 0.497 e. The average Bonchev–Trinajstić information content (AvgIpc) is 3.35. The van der Waals surface area contributed by atoms with Gasteiger partial charge in [0.15, 0.2) is 17.3 Å². The molecule has 0 saturated heterocycles. The maximum absolute atomic E-state index is 12.9. The maximum atomic E-state index is 12.9. The molecule has 0 fully saturated rings. The Hall–Kier alpha value is -3.56. The molecule has 1 aliphatic rings. The van der Waals surface area contributed by atoms with Crippen LogP contribution in [0, 0.1) is 0 Å². The molecular weight excluding hydrogens is 378 g/mol. The fourth-order valence-electron chi connectivity index (χ4n) is 3.48. The highest BCUT2D eigenvalue weighted by Gasteiger charge is 2.27. The Morgan fingerprint density at radius 3 is 2.72 bits per heavy atom. The molecule has 29 heavy (non-hydrogen) atoms. The molecule has 1 aromatic carbocycles. The highest BCUT2D eigenvalue weighted by molar-refractivity contribution is 6.03. The van der Waals surface area contributed by atoms with Crippen LogP contribution >= 0.6 is 0 Å². The van der Waals surface area contributed by atoms with Gasteiger partial charge in [-0.25, -0.2) is 9.78 Å². The number of fused-ring (bicyclic) bond motifs is 1.